The molecule has 0 aliphatic heterocycles. The maximum Gasteiger partial charge on any atom is 0.254 e. The van der Waals surface area contributed by atoms with Crippen LogP contribution in [-0.4, -0.2) is 50.2 Å². The van der Waals surface area contributed by atoms with Gasteiger partial charge in [0.25, 0.3) is 5.91 Å². The molecule has 4 heteroatoms. The number of nitrogens with zero attached hydrogens (tertiary/aromatic N) is 2. The van der Waals surface area contributed by atoms with E-state index in [9.17, 15) is 4.79 Å². The summed E-state index contributed by atoms with van der Waals surface area (Å²) in [5, 5.41) is 6.46. The van der Waals surface area contributed by atoms with E-state index < -0.39 is 0 Å². The third-order valence-electron chi connectivity index (χ3n) is 2.85. The molecule has 0 saturated carbocycles. The van der Waals surface area contributed by atoms with Gasteiger partial charge in [0.15, 0.2) is 0 Å². The van der Waals surface area contributed by atoms with E-state index >= 15 is 0 Å². The smallest absolute Gasteiger partial charge is 0.254 e. The van der Waals surface area contributed by atoms with Crippen molar-refractivity contribution in [1.82, 2.24) is 15.3 Å². The minimum Gasteiger partial charge on any atom is -0.309 e. The SMILES string of the molecule is CN[C@H](Cc1ccccc1)C(=O)N(C)N(C)C. The van der Waals surface area contributed by atoms with E-state index in [0.29, 0.717) is 6.42 Å². The van der Waals surface area contributed by atoms with E-state index in [1.807, 2.05) is 51.5 Å². The van der Waals surface area contributed by atoms with Crippen LogP contribution in [0.1, 0.15) is 5.56 Å². The Morgan fingerprint density at radius 3 is 2.29 bits per heavy atom. The summed E-state index contributed by atoms with van der Waals surface area (Å²) in [6.45, 7) is 0. The van der Waals surface area contributed by atoms with E-state index in [-0.39, 0.29) is 11.9 Å². The van der Waals surface area contributed by atoms with Crippen LogP contribution in [0.3, 0.4) is 0 Å². The van der Waals surface area contributed by atoms with Crippen LogP contribution in [0.25, 0.3) is 0 Å². The molecule has 0 saturated heterocycles. The highest BCUT2D eigenvalue weighted by molar-refractivity contribution is 5.81. The first-order valence-corrected chi connectivity index (χ1v) is 5.72. The first kappa shape index (κ1) is 13.7. The predicted molar refractivity (Wildman–Crippen MR) is 69.5 cm³/mol. The van der Waals surface area contributed by atoms with Crippen molar-refractivity contribution in [3.8, 4) is 0 Å². The summed E-state index contributed by atoms with van der Waals surface area (Å²) >= 11 is 0. The number of benzene rings is 1. The lowest BCUT2D eigenvalue weighted by molar-refractivity contribution is -0.143. The van der Waals surface area contributed by atoms with Crippen LogP contribution in [0.5, 0.6) is 0 Å². The van der Waals surface area contributed by atoms with Gasteiger partial charge in [0, 0.05) is 21.1 Å². The summed E-state index contributed by atoms with van der Waals surface area (Å²) in [7, 11) is 7.30. The van der Waals surface area contributed by atoms with Crippen molar-refractivity contribution >= 4 is 5.91 Å². The predicted octanol–water partition coefficient (Wildman–Crippen LogP) is 0.752. The zero-order valence-corrected chi connectivity index (χ0v) is 11.0. The first-order chi connectivity index (χ1) is 8.06. The van der Waals surface area contributed by atoms with Gasteiger partial charge in [0.2, 0.25) is 0 Å². The average molecular weight is 235 g/mol. The lowest BCUT2D eigenvalue weighted by Crippen LogP contribution is -2.49. The second-order valence-electron chi connectivity index (χ2n) is 4.24. The summed E-state index contributed by atoms with van der Waals surface area (Å²) in [4.78, 5) is 12.1. The molecular weight excluding hydrogens is 214 g/mol. The molecule has 94 valence electrons. The van der Waals surface area contributed by atoms with Crippen LogP contribution in [0.4, 0.5) is 0 Å². The summed E-state index contributed by atoms with van der Waals surface area (Å²) < 4.78 is 0. The van der Waals surface area contributed by atoms with Crippen molar-refractivity contribution in [3.05, 3.63) is 35.9 Å². The molecular formula is C13H21N3O. The Bertz CT molecular complexity index is 351. The Hall–Kier alpha value is -1.39. The van der Waals surface area contributed by atoms with Gasteiger partial charge in [0.05, 0.1) is 6.04 Å². The molecule has 17 heavy (non-hydrogen) atoms. The van der Waals surface area contributed by atoms with Crippen molar-refractivity contribution in [1.29, 1.82) is 0 Å². The minimum atomic E-state index is -0.190. The molecule has 1 amide bonds. The second-order valence-corrected chi connectivity index (χ2v) is 4.24. The van der Waals surface area contributed by atoms with Gasteiger partial charge in [-0.1, -0.05) is 30.3 Å². The van der Waals surface area contributed by atoms with Crippen molar-refractivity contribution in [2.45, 2.75) is 12.5 Å². The van der Waals surface area contributed by atoms with Gasteiger partial charge < -0.3 is 5.32 Å². The number of carbonyl (C=O) groups is 1. The molecule has 0 spiro atoms. The number of likely N-dealkylation sites (N-methyl/N-ethyl adjacent to an activating group) is 2. The summed E-state index contributed by atoms with van der Waals surface area (Å²) in [6.07, 6.45) is 0.703. The molecule has 0 aliphatic rings. The number of rotatable bonds is 5. The highest BCUT2D eigenvalue weighted by Crippen LogP contribution is 2.05. The molecule has 1 aromatic rings. The molecule has 0 bridgehead atoms. The molecule has 0 fully saturated rings. The number of hydrogen-bond donors (Lipinski definition) is 1. The number of hydrogen-bond acceptors (Lipinski definition) is 3. The Balaban J connectivity index is 2.69. The second kappa shape index (κ2) is 6.37. The Morgan fingerprint density at radius 1 is 1.24 bits per heavy atom. The maximum atomic E-state index is 12.1. The molecule has 1 aromatic carbocycles. The molecule has 1 N–H and O–H groups in total. The Kier molecular flexibility index (Phi) is 5.12. The van der Waals surface area contributed by atoms with Gasteiger partial charge in [0.1, 0.15) is 0 Å². The Labute approximate surface area is 103 Å². The van der Waals surface area contributed by atoms with Crippen LogP contribution in [-0.2, 0) is 11.2 Å². The van der Waals surface area contributed by atoms with Crippen molar-refractivity contribution in [2.24, 2.45) is 0 Å². The van der Waals surface area contributed by atoms with E-state index in [4.69, 9.17) is 0 Å². The average Bonchev–Trinajstić information content (AvgIpc) is 2.35. The van der Waals surface area contributed by atoms with E-state index in [2.05, 4.69) is 5.32 Å². The topological polar surface area (TPSA) is 35.6 Å². The minimum absolute atomic E-state index is 0.0707. The van der Waals surface area contributed by atoms with E-state index in [1.54, 1.807) is 17.1 Å². The zero-order valence-electron chi connectivity index (χ0n) is 11.0. The lowest BCUT2D eigenvalue weighted by atomic mass is 10.1. The highest BCUT2D eigenvalue weighted by Gasteiger charge is 2.21. The summed E-state index contributed by atoms with van der Waals surface area (Å²) in [5.74, 6) is 0.0707. The molecule has 1 atom stereocenters. The van der Waals surface area contributed by atoms with Crippen LogP contribution in [0, 0.1) is 0 Å². The quantitative estimate of drug-likeness (QED) is 0.765. The summed E-state index contributed by atoms with van der Waals surface area (Å²) in [5.41, 5.74) is 1.16. The normalized spacial score (nSPS) is 12.5. The van der Waals surface area contributed by atoms with Crippen LogP contribution in [0.2, 0.25) is 0 Å². The van der Waals surface area contributed by atoms with Gasteiger partial charge in [-0.15, -0.1) is 0 Å². The third-order valence-corrected chi connectivity index (χ3v) is 2.85. The van der Waals surface area contributed by atoms with Gasteiger partial charge in [-0.05, 0) is 19.0 Å². The molecule has 0 radical (unpaired) electrons. The molecule has 0 aromatic heterocycles. The van der Waals surface area contributed by atoms with Gasteiger partial charge in [-0.25, -0.2) is 5.01 Å². The number of amides is 1. The third kappa shape index (κ3) is 3.84. The molecule has 0 unspecified atom stereocenters. The van der Waals surface area contributed by atoms with Gasteiger partial charge in [-0.2, -0.15) is 0 Å². The summed E-state index contributed by atoms with van der Waals surface area (Å²) in [6, 6.07) is 9.83. The first-order valence-electron chi connectivity index (χ1n) is 5.72. The molecule has 0 aliphatic carbocycles. The fourth-order valence-electron chi connectivity index (χ4n) is 1.59. The van der Waals surface area contributed by atoms with Crippen LogP contribution in [0.15, 0.2) is 30.3 Å². The number of carbonyl (C=O) groups excluding carboxylic acids is 1. The fraction of sp³-hybridized carbons (Fsp3) is 0.462. The van der Waals surface area contributed by atoms with Gasteiger partial charge >= 0.3 is 0 Å². The van der Waals surface area contributed by atoms with Crippen molar-refractivity contribution in [2.75, 3.05) is 28.2 Å². The largest absolute Gasteiger partial charge is 0.309 e. The lowest BCUT2D eigenvalue weighted by Gasteiger charge is -2.28. The molecule has 4 nitrogen and oxygen atoms in total. The maximum absolute atomic E-state index is 12.1. The highest BCUT2D eigenvalue weighted by atomic mass is 16.2. The number of hydrazine groups is 1. The monoisotopic (exact) mass is 235 g/mol. The standard InChI is InChI=1S/C13H21N3O/c1-14-12(13(17)16(4)15(2)3)10-11-8-6-5-7-9-11/h5-9,12,14H,10H2,1-4H3/t12-/m1/s1. The fourth-order valence-corrected chi connectivity index (χ4v) is 1.59. The molecule has 0 heterocycles. The van der Waals surface area contributed by atoms with Crippen molar-refractivity contribution < 1.29 is 4.79 Å². The Morgan fingerprint density at radius 2 is 1.82 bits per heavy atom. The molecule has 1 rings (SSSR count). The van der Waals surface area contributed by atoms with Crippen LogP contribution < -0.4 is 5.32 Å². The van der Waals surface area contributed by atoms with Gasteiger partial charge in [-0.3, -0.25) is 9.80 Å². The zero-order chi connectivity index (χ0) is 12.8. The van der Waals surface area contributed by atoms with E-state index in [1.165, 1.54) is 0 Å². The van der Waals surface area contributed by atoms with E-state index in [0.717, 1.165) is 5.56 Å². The van der Waals surface area contributed by atoms with Crippen molar-refractivity contribution in [3.63, 3.8) is 0 Å². The number of nitrogens with one attached hydrogen (secondary N) is 1. The van der Waals surface area contributed by atoms with Crippen LogP contribution >= 0.6 is 0 Å².